The molecule has 1 aliphatic heterocycles. The quantitative estimate of drug-likeness (QED) is 0.615. The minimum absolute atomic E-state index is 0.0596. The summed E-state index contributed by atoms with van der Waals surface area (Å²) < 4.78 is 26.2. The Morgan fingerprint density at radius 3 is 2.38 bits per heavy atom. The number of non-ortho nitro benzene ring substituents is 1. The molecule has 1 N–H and O–H groups in total. The topological polar surface area (TPSA) is 110 Å². The van der Waals surface area contributed by atoms with Gasteiger partial charge in [-0.25, -0.2) is 13.1 Å². The first-order valence-corrected chi connectivity index (χ1v) is 9.51. The maximum Gasteiger partial charge on any atom is 0.269 e. The predicted molar refractivity (Wildman–Crippen MR) is 89.2 cm³/mol. The van der Waals surface area contributed by atoms with Crippen LogP contribution in [0.3, 0.4) is 0 Å². The Morgan fingerprint density at radius 2 is 1.88 bits per heavy atom. The number of nitrogens with one attached hydrogen (secondary N) is 1. The molecule has 1 aromatic carbocycles. The molecule has 1 fully saturated rings. The van der Waals surface area contributed by atoms with Crippen molar-refractivity contribution in [1.82, 2.24) is 9.62 Å². The third-order valence-electron chi connectivity index (χ3n) is 3.93. The monoisotopic (exact) mass is 355 g/mol. The summed E-state index contributed by atoms with van der Waals surface area (Å²) in [4.78, 5) is 24.2. The molecule has 132 valence electrons. The van der Waals surface area contributed by atoms with E-state index in [1.165, 1.54) is 24.3 Å². The molecule has 1 heterocycles. The van der Waals surface area contributed by atoms with Gasteiger partial charge < -0.3 is 4.90 Å². The molecule has 0 atom stereocenters. The molecule has 0 unspecified atom stereocenters. The Morgan fingerprint density at radius 1 is 1.29 bits per heavy atom. The lowest BCUT2D eigenvalue weighted by molar-refractivity contribution is -0.384. The van der Waals surface area contributed by atoms with Gasteiger partial charge in [0.1, 0.15) is 0 Å². The molecule has 24 heavy (non-hydrogen) atoms. The van der Waals surface area contributed by atoms with Crippen LogP contribution in [0.15, 0.2) is 24.3 Å². The van der Waals surface area contributed by atoms with Crippen LogP contribution >= 0.6 is 0 Å². The lowest BCUT2D eigenvalue weighted by Crippen LogP contribution is -2.46. The van der Waals surface area contributed by atoms with E-state index < -0.39 is 14.9 Å². The van der Waals surface area contributed by atoms with Crippen molar-refractivity contribution < 1.29 is 18.1 Å². The number of nitro groups is 1. The van der Waals surface area contributed by atoms with Crippen LogP contribution in [0.2, 0.25) is 0 Å². The van der Waals surface area contributed by atoms with Gasteiger partial charge in [0.25, 0.3) is 11.6 Å². The zero-order chi connectivity index (χ0) is 17.7. The second kappa shape index (κ2) is 7.71. The fraction of sp³-hybridized carbons (Fsp3) is 0.533. The molecular formula is C15H21N3O5S. The Balaban J connectivity index is 1.92. The van der Waals surface area contributed by atoms with Crippen molar-refractivity contribution in [1.29, 1.82) is 0 Å². The lowest BCUT2D eigenvalue weighted by atomic mass is 10.0. The van der Waals surface area contributed by atoms with Crippen LogP contribution < -0.4 is 4.72 Å². The van der Waals surface area contributed by atoms with E-state index in [-0.39, 0.29) is 23.4 Å². The maximum atomic E-state index is 12.4. The Labute approximate surface area is 141 Å². The molecule has 1 aromatic rings. The second-order valence-corrected chi connectivity index (χ2v) is 7.68. The van der Waals surface area contributed by atoms with Gasteiger partial charge in [0.15, 0.2) is 0 Å². The van der Waals surface area contributed by atoms with E-state index in [1.807, 2.05) is 6.92 Å². The minimum atomic E-state index is -3.25. The van der Waals surface area contributed by atoms with Crippen LogP contribution in [-0.2, 0) is 10.0 Å². The van der Waals surface area contributed by atoms with Gasteiger partial charge in [-0.05, 0) is 31.4 Å². The normalized spacial score (nSPS) is 16.1. The molecule has 0 spiro atoms. The lowest BCUT2D eigenvalue weighted by Gasteiger charge is -2.32. The van der Waals surface area contributed by atoms with Crippen molar-refractivity contribution in [3.8, 4) is 0 Å². The van der Waals surface area contributed by atoms with E-state index in [0.29, 0.717) is 37.9 Å². The summed E-state index contributed by atoms with van der Waals surface area (Å²) in [6, 6.07) is 5.34. The second-order valence-electron chi connectivity index (χ2n) is 5.81. The number of likely N-dealkylation sites (tertiary alicyclic amines) is 1. The summed E-state index contributed by atoms with van der Waals surface area (Å²) in [6.45, 7) is 2.72. The summed E-state index contributed by atoms with van der Waals surface area (Å²) in [6.07, 6.45) is 1.68. The largest absolute Gasteiger partial charge is 0.339 e. The fourth-order valence-corrected chi connectivity index (χ4v) is 4.09. The summed E-state index contributed by atoms with van der Waals surface area (Å²) >= 11 is 0. The third-order valence-corrected chi connectivity index (χ3v) is 5.56. The molecule has 9 heteroatoms. The first-order chi connectivity index (χ1) is 11.3. The van der Waals surface area contributed by atoms with Gasteiger partial charge in [-0.1, -0.05) is 6.92 Å². The highest BCUT2D eigenvalue weighted by Crippen LogP contribution is 2.17. The van der Waals surface area contributed by atoms with Gasteiger partial charge in [-0.3, -0.25) is 14.9 Å². The molecule has 0 radical (unpaired) electrons. The van der Waals surface area contributed by atoms with Crippen LogP contribution in [-0.4, -0.2) is 49.0 Å². The minimum Gasteiger partial charge on any atom is -0.339 e. The Hall–Kier alpha value is -2.00. The number of amides is 1. The van der Waals surface area contributed by atoms with Crippen LogP contribution in [0.5, 0.6) is 0 Å². The maximum absolute atomic E-state index is 12.4. The summed E-state index contributed by atoms with van der Waals surface area (Å²) in [5.74, 6) is -0.0886. The van der Waals surface area contributed by atoms with Crippen molar-refractivity contribution >= 4 is 21.6 Å². The number of sulfonamides is 1. The van der Waals surface area contributed by atoms with E-state index in [0.717, 1.165) is 0 Å². The summed E-state index contributed by atoms with van der Waals surface area (Å²) in [7, 11) is -3.25. The predicted octanol–water partition coefficient (Wildman–Crippen LogP) is 1.53. The molecule has 1 aliphatic rings. The van der Waals surface area contributed by atoms with E-state index in [2.05, 4.69) is 4.72 Å². The van der Waals surface area contributed by atoms with Gasteiger partial charge in [0, 0.05) is 36.8 Å². The number of benzene rings is 1. The van der Waals surface area contributed by atoms with Crippen LogP contribution in [0.1, 0.15) is 36.5 Å². The number of carbonyl (C=O) groups is 1. The highest BCUT2D eigenvalue weighted by Gasteiger charge is 2.26. The van der Waals surface area contributed by atoms with Crippen molar-refractivity contribution in [2.45, 2.75) is 32.2 Å². The number of nitrogens with zero attached hydrogens (tertiary/aromatic N) is 2. The highest BCUT2D eigenvalue weighted by atomic mass is 32.2. The van der Waals surface area contributed by atoms with E-state index in [1.54, 1.807) is 4.90 Å². The average molecular weight is 355 g/mol. The standard InChI is InChI=1S/C15H21N3O5S/c1-2-11-24(22,23)16-13-7-9-17(10-8-13)15(19)12-3-5-14(6-4-12)18(20)21/h3-6,13,16H,2,7-11H2,1H3. The molecule has 0 aromatic heterocycles. The average Bonchev–Trinajstić information content (AvgIpc) is 2.54. The van der Waals surface area contributed by atoms with Crippen molar-refractivity contribution in [3.05, 3.63) is 39.9 Å². The molecule has 0 bridgehead atoms. The van der Waals surface area contributed by atoms with E-state index in [9.17, 15) is 23.3 Å². The fourth-order valence-electron chi connectivity index (χ4n) is 2.69. The zero-order valence-corrected chi connectivity index (χ0v) is 14.3. The highest BCUT2D eigenvalue weighted by molar-refractivity contribution is 7.89. The molecule has 1 saturated heterocycles. The van der Waals surface area contributed by atoms with E-state index in [4.69, 9.17) is 0 Å². The Kier molecular flexibility index (Phi) is 5.89. The number of rotatable bonds is 6. The van der Waals surface area contributed by atoms with Crippen molar-refractivity contribution in [2.24, 2.45) is 0 Å². The van der Waals surface area contributed by atoms with Crippen molar-refractivity contribution in [3.63, 3.8) is 0 Å². The molecule has 0 saturated carbocycles. The number of hydrogen-bond donors (Lipinski definition) is 1. The van der Waals surface area contributed by atoms with Gasteiger partial charge in [-0.2, -0.15) is 0 Å². The number of hydrogen-bond acceptors (Lipinski definition) is 5. The number of nitro benzene ring substituents is 1. The first kappa shape index (κ1) is 18.3. The molecule has 2 rings (SSSR count). The van der Waals surface area contributed by atoms with Crippen molar-refractivity contribution in [2.75, 3.05) is 18.8 Å². The van der Waals surface area contributed by atoms with Gasteiger partial charge in [0.05, 0.1) is 10.7 Å². The van der Waals surface area contributed by atoms with Gasteiger partial charge in [0.2, 0.25) is 10.0 Å². The SMILES string of the molecule is CCCS(=O)(=O)NC1CCN(C(=O)c2ccc([N+](=O)[O-])cc2)CC1. The molecule has 1 amide bonds. The van der Waals surface area contributed by atoms with E-state index >= 15 is 0 Å². The number of carbonyl (C=O) groups excluding carboxylic acids is 1. The number of piperidine rings is 1. The molecule has 8 nitrogen and oxygen atoms in total. The van der Waals surface area contributed by atoms with Crippen LogP contribution in [0.4, 0.5) is 5.69 Å². The van der Waals surface area contributed by atoms with Crippen LogP contribution in [0.25, 0.3) is 0 Å². The zero-order valence-electron chi connectivity index (χ0n) is 13.5. The summed E-state index contributed by atoms with van der Waals surface area (Å²) in [5, 5.41) is 10.6. The first-order valence-electron chi connectivity index (χ1n) is 7.86. The molecular weight excluding hydrogens is 334 g/mol. The molecule has 0 aliphatic carbocycles. The van der Waals surface area contributed by atoms with Gasteiger partial charge in [-0.15, -0.1) is 0 Å². The third kappa shape index (κ3) is 4.75. The van der Waals surface area contributed by atoms with Crippen LogP contribution in [0, 0.1) is 10.1 Å². The van der Waals surface area contributed by atoms with Gasteiger partial charge >= 0.3 is 0 Å². The summed E-state index contributed by atoms with van der Waals surface area (Å²) in [5.41, 5.74) is 0.334. The smallest absolute Gasteiger partial charge is 0.269 e. The Bertz CT molecular complexity index is 694.